The molecule has 216 valence electrons. The van der Waals surface area contributed by atoms with Crippen molar-refractivity contribution in [3.05, 3.63) is 41.5 Å². The summed E-state index contributed by atoms with van der Waals surface area (Å²) in [5.41, 5.74) is -4.04. The lowest BCUT2D eigenvalue weighted by molar-refractivity contribution is -0.143. The van der Waals surface area contributed by atoms with E-state index in [1.807, 2.05) is 4.90 Å². The van der Waals surface area contributed by atoms with E-state index in [9.17, 15) is 47.9 Å². The largest absolute Gasteiger partial charge is 0.416 e. The van der Waals surface area contributed by atoms with E-state index in [4.69, 9.17) is 0 Å². The van der Waals surface area contributed by atoms with Crippen LogP contribution in [0.3, 0.4) is 0 Å². The van der Waals surface area contributed by atoms with Gasteiger partial charge in [0.2, 0.25) is 10.0 Å². The van der Waals surface area contributed by atoms with Crippen molar-refractivity contribution in [2.75, 3.05) is 31.9 Å². The second kappa shape index (κ2) is 10.9. The first-order valence-corrected chi connectivity index (χ1v) is 13.5. The third-order valence-electron chi connectivity index (χ3n) is 6.65. The average Bonchev–Trinajstić information content (AvgIpc) is 3.53. The number of nitrogens with one attached hydrogen (secondary N) is 2. The molecule has 1 aliphatic carbocycles. The fourth-order valence-electron chi connectivity index (χ4n) is 4.35. The Hall–Kier alpha value is -2.00. The predicted octanol–water partition coefficient (Wildman–Crippen LogP) is 5.40. The number of likely N-dealkylation sites (tertiary alicyclic amines) is 1. The molecule has 2 N–H and O–H groups in total. The lowest BCUT2D eigenvalue weighted by Gasteiger charge is -2.35. The molecule has 1 saturated carbocycles. The summed E-state index contributed by atoms with van der Waals surface area (Å²) >= 11 is 0. The van der Waals surface area contributed by atoms with Crippen LogP contribution in [-0.4, -0.2) is 57.0 Å². The Labute approximate surface area is 214 Å². The van der Waals surface area contributed by atoms with Gasteiger partial charge in [0.25, 0.3) is 0 Å². The number of nitrogens with zero attached hydrogens (tertiary/aromatic N) is 1. The number of hydrogen-bond acceptors (Lipinski definition) is 4. The van der Waals surface area contributed by atoms with E-state index in [2.05, 4.69) is 16.6 Å². The normalized spacial score (nSPS) is 19.4. The van der Waals surface area contributed by atoms with Crippen molar-refractivity contribution in [2.24, 2.45) is 5.92 Å². The monoisotopic (exact) mass is 581 g/mol. The molecular weight excluding hydrogens is 553 g/mol. The molecule has 5 nitrogen and oxygen atoms in total. The number of hydrogen-bond donors (Lipinski definition) is 2. The molecule has 0 radical (unpaired) electrons. The first kappa shape index (κ1) is 30.5. The molecule has 15 heteroatoms. The van der Waals surface area contributed by atoms with Gasteiger partial charge in [-0.1, -0.05) is 6.58 Å². The van der Waals surface area contributed by atoms with Gasteiger partial charge in [0, 0.05) is 24.3 Å². The Morgan fingerprint density at radius 2 is 1.47 bits per heavy atom. The van der Waals surface area contributed by atoms with Gasteiger partial charge in [-0.25, -0.2) is 13.1 Å². The van der Waals surface area contributed by atoms with Crippen LogP contribution in [-0.2, 0) is 22.4 Å². The highest BCUT2D eigenvalue weighted by atomic mass is 32.2. The molecule has 1 aromatic carbocycles. The molecule has 1 aromatic rings. The Bertz CT molecular complexity index is 1070. The van der Waals surface area contributed by atoms with Gasteiger partial charge >= 0.3 is 18.5 Å². The van der Waals surface area contributed by atoms with E-state index >= 15 is 0 Å². The van der Waals surface area contributed by atoms with Crippen LogP contribution in [0.5, 0.6) is 0 Å². The highest BCUT2D eigenvalue weighted by Crippen LogP contribution is 2.39. The maximum Gasteiger partial charge on any atom is 0.416 e. The summed E-state index contributed by atoms with van der Waals surface area (Å²) in [4.78, 5) is 1.99. The van der Waals surface area contributed by atoms with E-state index in [0.717, 1.165) is 0 Å². The molecule has 1 aliphatic heterocycles. The summed E-state index contributed by atoms with van der Waals surface area (Å²) in [6, 6.07) is 1.27. The maximum absolute atomic E-state index is 13.1. The van der Waals surface area contributed by atoms with Crippen LogP contribution in [0.2, 0.25) is 0 Å². The summed E-state index contributed by atoms with van der Waals surface area (Å²) in [6.45, 7) is 5.30. The van der Waals surface area contributed by atoms with Gasteiger partial charge in [-0.3, -0.25) is 0 Å². The smallest absolute Gasteiger partial charge is 0.385 e. The van der Waals surface area contributed by atoms with Crippen molar-refractivity contribution in [3.8, 4) is 0 Å². The molecule has 2 fully saturated rings. The van der Waals surface area contributed by atoms with E-state index in [-0.39, 0.29) is 29.8 Å². The Morgan fingerprint density at radius 3 is 1.92 bits per heavy atom. The highest BCUT2D eigenvalue weighted by Gasteiger charge is 2.47. The number of halogens is 9. The van der Waals surface area contributed by atoms with E-state index < -0.39 is 57.4 Å². The van der Waals surface area contributed by atoms with Gasteiger partial charge in [0.15, 0.2) is 0 Å². The summed E-state index contributed by atoms with van der Waals surface area (Å²) in [5, 5.41) is 2.83. The molecule has 2 aliphatic rings. The fraction of sp³-hybridized carbons (Fsp3) is 0.652. The standard InChI is InChI=1S/C23H28F9N3O2S/c1-15(17-10-18(22(27,28)29)12-19(11-17)23(30,31)32)33-13-16-2-7-35(8-3-16)14-20(4-5-20)34-38(36,37)9-6-21(24,25)26/h10-12,16,33-34H,1-9,13-14H2. The second-order valence-electron chi connectivity index (χ2n) is 9.94. The molecule has 0 unspecified atom stereocenters. The van der Waals surface area contributed by atoms with Crippen LogP contribution in [0.25, 0.3) is 5.70 Å². The molecule has 0 bridgehead atoms. The minimum atomic E-state index is -4.96. The van der Waals surface area contributed by atoms with Crippen molar-refractivity contribution < 1.29 is 47.9 Å². The number of alkyl halides is 9. The fourth-order valence-corrected chi connectivity index (χ4v) is 5.88. The van der Waals surface area contributed by atoms with Crippen LogP contribution in [0.15, 0.2) is 24.8 Å². The Morgan fingerprint density at radius 1 is 0.947 bits per heavy atom. The van der Waals surface area contributed by atoms with Gasteiger partial charge in [0.05, 0.1) is 23.3 Å². The SMILES string of the molecule is C=C(NCC1CCN(CC2(NS(=O)(=O)CCC(F)(F)F)CC2)CC1)c1cc(C(F)(F)F)cc(C(F)(F)F)c1. The second-order valence-corrected chi connectivity index (χ2v) is 11.8. The van der Waals surface area contributed by atoms with Crippen LogP contribution in [0.1, 0.15) is 48.8 Å². The van der Waals surface area contributed by atoms with Crippen LogP contribution < -0.4 is 10.0 Å². The van der Waals surface area contributed by atoms with Gasteiger partial charge in [-0.15, -0.1) is 0 Å². The summed E-state index contributed by atoms with van der Waals surface area (Å²) in [6.07, 6.45) is -13.7. The van der Waals surface area contributed by atoms with Crippen LogP contribution in [0, 0.1) is 5.92 Å². The zero-order valence-electron chi connectivity index (χ0n) is 20.2. The van der Waals surface area contributed by atoms with Crippen molar-refractivity contribution in [2.45, 2.75) is 56.2 Å². The summed E-state index contributed by atoms with van der Waals surface area (Å²) in [5.74, 6) is -0.999. The molecule has 1 saturated heterocycles. The molecule has 0 aromatic heterocycles. The van der Waals surface area contributed by atoms with Crippen LogP contribution in [0.4, 0.5) is 39.5 Å². The number of sulfonamides is 1. The quantitative estimate of drug-likeness (QED) is 0.364. The van der Waals surface area contributed by atoms with Gasteiger partial charge < -0.3 is 10.2 Å². The molecular formula is C23H28F9N3O2S. The predicted molar refractivity (Wildman–Crippen MR) is 122 cm³/mol. The highest BCUT2D eigenvalue weighted by molar-refractivity contribution is 7.89. The third-order valence-corrected chi connectivity index (χ3v) is 8.14. The van der Waals surface area contributed by atoms with Gasteiger partial charge in [-0.2, -0.15) is 39.5 Å². The Kier molecular flexibility index (Phi) is 8.74. The van der Waals surface area contributed by atoms with Crippen LogP contribution >= 0.6 is 0 Å². The molecule has 0 atom stereocenters. The van der Waals surface area contributed by atoms with E-state index in [1.165, 1.54) is 0 Å². The Balaban J connectivity index is 1.50. The van der Waals surface area contributed by atoms with Crippen molar-refractivity contribution in [3.63, 3.8) is 0 Å². The zero-order valence-corrected chi connectivity index (χ0v) is 21.0. The third kappa shape index (κ3) is 9.04. The molecule has 0 spiro atoms. The molecule has 1 heterocycles. The van der Waals surface area contributed by atoms with Crippen molar-refractivity contribution >= 4 is 15.7 Å². The van der Waals surface area contributed by atoms with Crippen molar-refractivity contribution in [1.29, 1.82) is 0 Å². The van der Waals surface area contributed by atoms with Gasteiger partial charge in [-0.05, 0) is 68.5 Å². The zero-order chi connectivity index (χ0) is 28.6. The lowest BCUT2D eigenvalue weighted by Crippen LogP contribution is -2.49. The summed E-state index contributed by atoms with van der Waals surface area (Å²) in [7, 11) is -4.10. The number of benzene rings is 1. The maximum atomic E-state index is 13.1. The number of rotatable bonds is 10. The van der Waals surface area contributed by atoms with Gasteiger partial charge in [0.1, 0.15) is 0 Å². The minimum Gasteiger partial charge on any atom is -0.385 e. The lowest BCUT2D eigenvalue weighted by atomic mass is 9.95. The summed E-state index contributed by atoms with van der Waals surface area (Å²) < 4.78 is 142. The van der Waals surface area contributed by atoms with Crippen molar-refractivity contribution in [1.82, 2.24) is 14.9 Å². The molecule has 3 rings (SSSR count). The number of piperidine rings is 1. The molecule has 38 heavy (non-hydrogen) atoms. The average molecular weight is 582 g/mol. The first-order chi connectivity index (χ1) is 17.3. The molecule has 0 amide bonds. The first-order valence-electron chi connectivity index (χ1n) is 11.8. The van der Waals surface area contributed by atoms with E-state index in [0.29, 0.717) is 57.5 Å². The topological polar surface area (TPSA) is 61.4 Å². The minimum absolute atomic E-state index is 0.0366. The van der Waals surface area contributed by atoms with E-state index in [1.54, 1.807) is 0 Å².